The first-order valence-electron chi connectivity index (χ1n) is 17.3. The number of carboxylic acid groups (broad SMARTS) is 2. The lowest BCUT2D eigenvalue weighted by Gasteiger charge is -2.45. The molecule has 1 aliphatic carbocycles. The van der Waals surface area contributed by atoms with E-state index in [0.717, 1.165) is 27.7 Å². The summed E-state index contributed by atoms with van der Waals surface area (Å²) in [7, 11) is 0. The Morgan fingerprint density at radius 3 is 1.70 bits per heavy atom. The summed E-state index contributed by atoms with van der Waals surface area (Å²) in [5, 5.41) is 30.4. The van der Waals surface area contributed by atoms with Crippen molar-refractivity contribution in [2.24, 2.45) is 0 Å². The van der Waals surface area contributed by atoms with E-state index >= 15 is 0 Å². The Labute approximate surface area is 321 Å². The molecule has 0 saturated heterocycles. The van der Waals surface area contributed by atoms with E-state index in [-0.39, 0.29) is 31.4 Å². The molecule has 7 N–H and O–H groups in total. The Hall–Kier alpha value is -6.09. The monoisotopic (exact) mass is 799 g/mol. The summed E-state index contributed by atoms with van der Waals surface area (Å²) >= 11 is 0. The van der Waals surface area contributed by atoms with E-state index in [9.17, 15) is 57.8 Å². The first-order valence-corrected chi connectivity index (χ1v) is 17.3. The highest BCUT2D eigenvalue weighted by Crippen LogP contribution is 2.38. The molecule has 1 fully saturated rings. The van der Waals surface area contributed by atoms with E-state index in [1.54, 1.807) is 0 Å². The lowest BCUT2D eigenvalue weighted by atomic mass is 9.78. The molecule has 0 heterocycles. The average Bonchev–Trinajstić information content (AvgIpc) is 3.07. The molecule has 22 nitrogen and oxygen atoms in total. The van der Waals surface area contributed by atoms with Crippen LogP contribution in [-0.4, -0.2) is 131 Å². The van der Waals surface area contributed by atoms with Crippen molar-refractivity contribution < 1.29 is 81.9 Å². The highest BCUT2D eigenvalue weighted by molar-refractivity contribution is 5.96. The highest BCUT2D eigenvalue weighted by atomic mass is 16.6. The van der Waals surface area contributed by atoms with Gasteiger partial charge in [-0.1, -0.05) is 6.58 Å². The number of amides is 5. The van der Waals surface area contributed by atoms with Crippen LogP contribution in [0.2, 0.25) is 0 Å². The van der Waals surface area contributed by atoms with Gasteiger partial charge in [0.25, 0.3) is 5.91 Å². The number of carbonyl (C=O) groups is 11. The van der Waals surface area contributed by atoms with Crippen molar-refractivity contribution in [3.63, 3.8) is 0 Å². The third-order valence-electron chi connectivity index (χ3n) is 7.85. The topological polar surface area (TPSA) is 325 Å². The molecule has 4 atom stereocenters. The summed E-state index contributed by atoms with van der Waals surface area (Å²) in [5.41, 5.74) is -2.15. The number of aliphatic carboxylic acids is 2. The molecular weight excluding hydrogens is 750 g/mol. The SMILES string of the molecule is C=C(C)C(=O)NCC(=O)NCC(=O)NCCCC[C@H](NC(=O)C1(OC(C)=O)C[C@H](OC(C)=O)C(OC(C)=O)[C@@H](OC(C)=O)C1)C(=O)N[C@@H](CCC(=O)O)C(=O)O. The van der Waals surface area contributed by atoms with Gasteiger partial charge in [-0.25, -0.2) is 4.79 Å². The number of hydrogen-bond donors (Lipinski definition) is 7. The maximum atomic E-state index is 14.1. The number of nitrogens with one attached hydrogen (secondary N) is 5. The number of rotatable bonds is 22. The molecule has 0 aromatic carbocycles. The summed E-state index contributed by atoms with van der Waals surface area (Å²) < 4.78 is 21.3. The molecule has 0 aliphatic heterocycles. The molecule has 0 spiro atoms. The highest BCUT2D eigenvalue weighted by Gasteiger charge is 2.57. The van der Waals surface area contributed by atoms with Crippen LogP contribution in [0.1, 0.15) is 79.6 Å². The van der Waals surface area contributed by atoms with Crippen LogP contribution >= 0.6 is 0 Å². The maximum Gasteiger partial charge on any atom is 0.326 e. The summed E-state index contributed by atoms with van der Waals surface area (Å²) in [5.74, 6) is -10.7. The average molecular weight is 800 g/mol. The third-order valence-corrected chi connectivity index (χ3v) is 7.85. The molecular formula is C34H49N5O17. The first-order chi connectivity index (χ1) is 26.1. The summed E-state index contributed by atoms with van der Waals surface area (Å²) in [6.45, 7) is 8.03. The van der Waals surface area contributed by atoms with Crippen molar-refractivity contribution in [3.8, 4) is 0 Å². The van der Waals surface area contributed by atoms with Gasteiger partial charge in [0.2, 0.25) is 23.6 Å². The van der Waals surface area contributed by atoms with Crippen molar-refractivity contribution in [2.75, 3.05) is 19.6 Å². The van der Waals surface area contributed by atoms with E-state index in [0.29, 0.717) is 0 Å². The van der Waals surface area contributed by atoms with Gasteiger partial charge >= 0.3 is 35.8 Å². The van der Waals surface area contributed by atoms with E-state index in [1.165, 1.54) is 6.92 Å². The molecule has 0 bridgehead atoms. The Bertz CT molecular complexity index is 1520. The van der Waals surface area contributed by atoms with E-state index in [4.69, 9.17) is 24.1 Å². The summed E-state index contributed by atoms with van der Waals surface area (Å²) in [6, 6.07) is -3.29. The van der Waals surface area contributed by atoms with Crippen molar-refractivity contribution in [2.45, 2.75) is 116 Å². The van der Waals surface area contributed by atoms with Crippen molar-refractivity contribution in [3.05, 3.63) is 12.2 Å². The molecule has 1 saturated carbocycles. The lowest BCUT2D eigenvalue weighted by Crippen LogP contribution is -2.64. The van der Waals surface area contributed by atoms with Gasteiger partial charge in [-0.2, -0.15) is 0 Å². The molecule has 0 radical (unpaired) electrons. The molecule has 312 valence electrons. The van der Waals surface area contributed by atoms with Gasteiger partial charge in [0.05, 0.1) is 13.1 Å². The van der Waals surface area contributed by atoms with Gasteiger partial charge in [0.15, 0.2) is 11.7 Å². The van der Waals surface area contributed by atoms with Crippen LogP contribution in [-0.2, 0) is 71.7 Å². The Morgan fingerprint density at radius 2 is 1.21 bits per heavy atom. The van der Waals surface area contributed by atoms with Gasteiger partial charge in [-0.05, 0) is 32.6 Å². The van der Waals surface area contributed by atoms with Gasteiger partial charge in [-0.3, -0.25) is 47.9 Å². The quantitative estimate of drug-likeness (QED) is 0.0267. The van der Waals surface area contributed by atoms with Gasteiger partial charge in [0.1, 0.15) is 24.3 Å². The van der Waals surface area contributed by atoms with Gasteiger partial charge in [0, 0.05) is 59.1 Å². The minimum atomic E-state index is -2.33. The number of hydrogen-bond acceptors (Lipinski definition) is 15. The molecule has 22 heteroatoms. The van der Waals surface area contributed by atoms with Crippen LogP contribution in [0.15, 0.2) is 12.2 Å². The second-order valence-electron chi connectivity index (χ2n) is 12.8. The molecule has 0 aromatic rings. The predicted octanol–water partition coefficient (Wildman–Crippen LogP) is -2.11. The standard InChI is InChI=1S/C34H49N5O17/c1-17(2)30(48)37-16-27(45)36-15-26(44)35-12-8-7-9-22(31(49)38-23(32(50)51)10-11-28(46)47)39-33(52)34(56-21(6)43)13-24(53-18(3)40)29(55-20(5)42)25(14-34)54-19(4)41/h22-25,29H,1,7-16H2,2-6H3,(H,35,44)(H,36,45)(H,37,48)(H,38,49)(H,39,52)(H,46,47)(H,50,51)/t22-,23-,24-,25-,29?,34?/m0/s1. The smallest absolute Gasteiger partial charge is 0.326 e. The molecule has 56 heavy (non-hydrogen) atoms. The molecule has 1 rings (SSSR count). The lowest BCUT2D eigenvalue weighted by molar-refractivity contribution is -0.215. The Balaban J connectivity index is 3.29. The summed E-state index contributed by atoms with van der Waals surface area (Å²) in [6.07, 6.45) is -6.95. The largest absolute Gasteiger partial charge is 0.481 e. The zero-order valence-electron chi connectivity index (χ0n) is 31.7. The second kappa shape index (κ2) is 23.0. The van der Waals surface area contributed by atoms with E-state index < -0.39 is 140 Å². The second-order valence-corrected chi connectivity index (χ2v) is 12.8. The fourth-order valence-electron chi connectivity index (χ4n) is 5.46. The maximum absolute atomic E-state index is 14.1. The molecule has 0 aromatic heterocycles. The summed E-state index contributed by atoms with van der Waals surface area (Å²) in [4.78, 5) is 135. The number of carboxylic acids is 2. The fourth-order valence-corrected chi connectivity index (χ4v) is 5.46. The van der Waals surface area contributed by atoms with E-state index in [1.807, 2.05) is 0 Å². The number of carbonyl (C=O) groups excluding carboxylic acids is 9. The number of esters is 4. The first kappa shape index (κ1) is 47.9. The fraction of sp³-hybridized carbons (Fsp3) is 0.618. The van der Waals surface area contributed by atoms with Crippen LogP contribution in [0, 0.1) is 0 Å². The predicted molar refractivity (Wildman–Crippen MR) is 186 cm³/mol. The Kier molecular flexibility index (Phi) is 19.7. The van der Waals surface area contributed by atoms with Crippen LogP contribution in [0.25, 0.3) is 0 Å². The minimum Gasteiger partial charge on any atom is -0.481 e. The number of unbranched alkanes of at least 4 members (excludes halogenated alkanes) is 1. The molecule has 5 amide bonds. The van der Waals surface area contributed by atoms with E-state index in [2.05, 4.69) is 33.2 Å². The normalized spacial score (nSPS) is 19.6. The minimum absolute atomic E-state index is 0.00278. The molecule has 1 aliphatic rings. The molecule has 0 unspecified atom stereocenters. The third kappa shape index (κ3) is 17.4. The zero-order valence-corrected chi connectivity index (χ0v) is 31.7. The van der Waals surface area contributed by atoms with Crippen LogP contribution < -0.4 is 26.6 Å². The van der Waals surface area contributed by atoms with Crippen molar-refractivity contribution in [1.82, 2.24) is 26.6 Å². The Morgan fingerprint density at radius 1 is 0.679 bits per heavy atom. The van der Waals surface area contributed by atoms with Crippen LogP contribution in [0.3, 0.4) is 0 Å². The number of ether oxygens (including phenoxy) is 4. The van der Waals surface area contributed by atoms with Crippen molar-refractivity contribution in [1.29, 1.82) is 0 Å². The van der Waals surface area contributed by atoms with Gasteiger partial charge < -0.3 is 55.7 Å². The van der Waals surface area contributed by atoms with Crippen molar-refractivity contribution >= 4 is 65.4 Å². The zero-order chi connectivity index (χ0) is 42.7. The van der Waals surface area contributed by atoms with Crippen LogP contribution in [0.5, 0.6) is 0 Å². The van der Waals surface area contributed by atoms with Gasteiger partial charge in [-0.15, -0.1) is 0 Å². The van der Waals surface area contributed by atoms with Crippen LogP contribution in [0.4, 0.5) is 0 Å².